The Hall–Kier alpha value is -2.55. The van der Waals surface area contributed by atoms with Crippen LogP contribution in [0.4, 0.5) is 0 Å². The number of aliphatic hydroxyl groups excluding tert-OH is 1. The number of carbonyl (C=O) groups is 1. The Balaban J connectivity index is 1.86. The van der Waals surface area contributed by atoms with Gasteiger partial charge in [-0.25, -0.2) is 0 Å². The molecule has 22 heavy (non-hydrogen) atoms. The summed E-state index contributed by atoms with van der Waals surface area (Å²) in [6.07, 6.45) is 2.44. The minimum Gasteiger partial charge on any atom is -0.512 e. The number of hydrogen-bond acceptors (Lipinski definition) is 3. The minimum atomic E-state index is -0.127. The highest BCUT2D eigenvalue weighted by atomic mass is 16.5. The molecule has 0 amide bonds. The number of carbonyl (C=O) groups excluding carboxylic acids is 1. The molecule has 3 heteroatoms. The van der Waals surface area contributed by atoms with Crippen LogP contribution < -0.4 is 4.74 Å². The first-order valence-electron chi connectivity index (χ1n) is 7.40. The maximum Gasteiger partial charge on any atom is 0.159 e. The van der Waals surface area contributed by atoms with Crippen molar-refractivity contribution in [3.05, 3.63) is 71.5 Å². The fourth-order valence-corrected chi connectivity index (χ4v) is 2.70. The lowest BCUT2D eigenvalue weighted by atomic mass is 9.87. The predicted molar refractivity (Wildman–Crippen MR) is 85.4 cm³/mol. The summed E-state index contributed by atoms with van der Waals surface area (Å²) < 4.78 is 5.93. The van der Waals surface area contributed by atoms with E-state index in [0.717, 1.165) is 22.6 Å². The van der Waals surface area contributed by atoms with E-state index in [1.54, 1.807) is 0 Å². The Labute approximate surface area is 129 Å². The number of rotatable bonds is 3. The molecule has 0 unspecified atom stereocenters. The van der Waals surface area contributed by atoms with Crippen LogP contribution in [0.25, 0.3) is 0 Å². The van der Waals surface area contributed by atoms with E-state index >= 15 is 0 Å². The van der Waals surface area contributed by atoms with Gasteiger partial charge in [0, 0.05) is 18.4 Å². The van der Waals surface area contributed by atoms with E-state index in [9.17, 15) is 9.90 Å². The summed E-state index contributed by atoms with van der Waals surface area (Å²) in [5.41, 5.74) is 2.03. The molecule has 1 aliphatic carbocycles. The van der Waals surface area contributed by atoms with Gasteiger partial charge in [-0.05, 0) is 42.7 Å². The molecule has 0 spiro atoms. The number of aryl methyl sites for hydroxylation is 1. The van der Waals surface area contributed by atoms with Gasteiger partial charge >= 0.3 is 0 Å². The molecule has 3 rings (SSSR count). The number of para-hydroxylation sites is 1. The topological polar surface area (TPSA) is 46.5 Å². The average Bonchev–Trinajstić information content (AvgIpc) is 2.50. The van der Waals surface area contributed by atoms with Gasteiger partial charge in [0.05, 0.1) is 0 Å². The van der Waals surface area contributed by atoms with E-state index < -0.39 is 0 Å². The van der Waals surface area contributed by atoms with Crippen molar-refractivity contribution in [2.45, 2.75) is 25.7 Å². The summed E-state index contributed by atoms with van der Waals surface area (Å²) in [6, 6.07) is 15.5. The molecule has 0 radical (unpaired) electrons. The van der Waals surface area contributed by atoms with Crippen LogP contribution >= 0.6 is 0 Å². The molecule has 0 bridgehead atoms. The van der Waals surface area contributed by atoms with Gasteiger partial charge < -0.3 is 9.84 Å². The van der Waals surface area contributed by atoms with Crippen molar-refractivity contribution in [3.63, 3.8) is 0 Å². The number of ether oxygens (including phenoxy) is 1. The summed E-state index contributed by atoms with van der Waals surface area (Å²) in [5.74, 6) is 1.55. The van der Waals surface area contributed by atoms with Crippen molar-refractivity contribution in [1.29, 1.82) is 0 Å². The van der Waals surface area contributed by atoms with Crippen molar-refractivity contribution in [3.8, 4) is 11.5 Å². The molecule has 2 aromatic carbocycles. The van der Waals surface area contributed by atoms with Crippen molar-refractivity contribution < 1.29 is 14.6 Å². The van der Waals surface area contributed by atoms with E-state index in [1.807, 2.05) is 55.5 Å². The van der Waals surface area contributed by atoms with Crippen molar-refractivity contribution >= 4 is 5.78 Å². The van der Waals surface area contributed by atoms with Gasteiger partial charge in [-0.2, -0.15) is 0 Å². The fraction of sp³-hybridized carbons (Fsp3) is 0.211. The number of hydrogen-bond donors (Lipinski definition) is 1. The number of benzene rings is 2. The molecule has 0 aliphatic heterocycles. The number of ketones is 1. The molecule has 2 aromatic rings. The van der Waals surface area contributed by atoms with E-state index in [0.29, 0.717) is 12.8 Å². The lowest BCUT2D eigenvalue weighted by Crippen LogP contribution is -2.12. The summed E-state index contributed by atoms with van der Waals surface area (Å²) >= 11 is 0. The van der Waals surface area contributed by atoms with Gasteiger partial charge in [-0.1, -0.05) is 30.3 Å². The second-order valence-electron chi connectivity index (χ2n) is 5.57. The van der Waals surface area contributed by atoms with Gasteiger partial charge in [0.15, 0.2) is 5.78 Å². The third-order valence-electron chi connectivity index (χ3n) is 3.93. The molecule has 1 aliphatic rings. The molecule has 0 aromatic heterocycles. The van der Waals surface area contributed by atoms with Crippen LogP contribution in [0, 0.1) is 6.92 Å². The SMILES string of the molecule is Cc1ccccc1Oc1cccc([C@H]2CCC(=O)C=C2O)c1. The average molecular weight is 294 g/mol. The maximum atomic E-state index is 11.3. The standard InChI is InChI=1S/C19H18O3/c1-13-5-2-3-8-19(13)22-16-7-4-6-14(11-16)17-10-9-15(20)12-18(17)21/h2-8,11-12,17,21H,9-10H2,1H3/t17-/m1/s1. The van der Waals surface area contributed by atoms with Crippen LogP contribution in [0.15, 0.2) is 60.4 Å². The minimum absolute atomic E-state index is 0.0129. The zero-order valence-electron chi connectivity index (χ0n) is 12.5. The van der Waals surface area contributed by atoms with Crippen molar-refractivity contribution in [2.75, 3.05) is 0 Å². The summed E-state index contributed by atoms with van der Waals surface area (Å²) in [6.45, 7) is 2.00. The van der Waals surface area contributed by atoms with Crippen molar-refractivity contribution in [2.24, 2.45) is 0 Å². The summed E-state index contributed by atoms with van der Waals surface area (Å²) in [5, 5.41) is 10.0. The first kappa shape index (κ1) is 14.4. The molecular weight excluding hydrogens is 276 g/mol. The third kappa shape index (κ3) is 3.03. The fourth-order valence-electron chi connectivity index (χ4n) is 2.70. The van der Waals surface area contributed by atoms with Crippen LogP contribution in [0.2, 0.25) is 0 Å². The highest BCUT2D eigenvalue weighted by Crippen LogP contribution is 2.34. The Morgan fingerprint density at radius 2 is 1.95 bits per heavy atom. The summed E-state index contributed by atoms with van der Waals surface area (Å²) in [7, 11) is 0. The molecule has 3 nitrogen and oxygen atoms in total. The first-order valence-corrected chi connectivity index (χ1v) is 7.40. The van der Waals surface area contributed by atoms with E-state index in [-0.39, 0.29) is 17.5 Å². The smallest absolute Gasteiger partial charge is 0.159 e. The predicted octanol–water partition coefficient (Wildman–Crippen LogP) is 4.68. The second kappa shape index (κ2) is 6.06. The zero-order valence-corrected chi connectivity index (χ0v) is 12.5. The highest BCUT2D eigenvalue weighted by Gasteiger charge is 2.23. The van der Waals surface area contributed by atoms with Crippen LogP contribution in [-0.4, -0.2) is 10.9 Å². The van der Waals surface area contributed by atoms with Crippen LogP contribution in [0.1, 0.15) is 29.9 Å². The van der Waals surface area contributed by atoms with E-state index in [2.05, 4.69) is 0 Å². The molecule has 0 saturated carbocycles. The Morgan fingerprint density at radius 1 is 1.14 bits per heavy atom. The second-order valence-corrected chi connectivity index (χ2v) is 5.57. The quantitative estimate of drug-likeness (QED) is 0.894. The monoisotopic (exact) mass is 294 g/mol. The van der Waals surface area contributed by atoms with Gasteiger partial charge in [-0.15, -0.1) is 0 Å². The molecule has 1 N–H and O–H groups in total. The number of allylic oxidation sites excluding steroid dienone is 2. The molecule has 1 atom stereocenters. The third-order valence-corrected chi connectivity index (χ3v) is 3.93. The van der Waals surface area contributed by atoms with Crippen molar-refractivity contribution in [1.82, 2.24) is 0 Å². The van der Waals surface area contributed by atoms with E-state index in [4.69, 9.17) is 4.74 Å². The first-order chi connectivity index (χ1) is 10.6. The van der Waals surface area contributed by atoms with Crippen LogP contribution in [0.3, 0.4) is 0 Å². The zero-order chi connectivity index (χ0) is 15.5. The molecule has 0 fully saturated rings. The normalized spacial score (nSPS) is 18.0. The Kier molecular flexibility index (Phi) is 3.96. The number of aliphatic hydroxyl groups is 1. The van der Waals surface area contributed by atoms with E-state index in [1.165, 1.54) is 6.08 Å². The lowest BCUT2D eigenvalue weighted by molar-refractivity contribution is -0.115. The largest absolute Gasteiger partial charge is 0.512 e. The highest BCUT2D eigenvalue weighted by molar-refractivity contribution is 5.91. The summed E-state index contributed by atoms with van der Waals surface area (Å²) in [4.78, 5) is 11.3. The molecular formula is C19H18O3. The molecule has 0 heterocycles. The lowest BCUT2D eigenvalue weighted by Gasteiger charge is -2.20. The van der Waals surface area contributed by atoms with Gasteiger partial charge in [0.1, 0.15) is 17.3 Å². The van der Waals surface area contributed by atoms with Crippen LogP contribution in [-0.2, 0) is 4.79 Å². The maximum absolute atomic E-state index is 11.3. The molecule has 112 valence electrons. The Morgan fingerprint density at radius 3 is 2.73 bits per heavy atom. The van der Waals surface area contributed by atoms with Gasteiger partial charge in [0.2, 0.25) is 0 Å². The Bertz CT molecular complexity index is 731. The van der Waals surface area contributed by atoms with Crippen LogP contribution in [0.5, 0.6) is 11.5 Å². The van der Waals surface area contributed by atoms with Gasteiger partial charge in [0.25, 0.3) is 0 Å². The van der Waals surface area contributed by atoms with Gasteiger partial charge in [-0.3, -0.25) is 4.79 Å². The molecule has 0 saturated heterocycles.